The van der Waals surface area contributed by atoms with Crippen LogP contribution in [0.5, 0.6) is 0 Å². The van der Waals surface area contributed by atoms with Crippen LogP contribution in [0.25, 0.3) is 0 Å². The van der Waals surface area contributed by atoms with Gasteiger partial charge < -0.3 is 23.9 Å². The molecule has 0 aliphatic carbocycles. The molecule has 0 spiro atoms. The Kier molecular flexibility index (Phi) is 3.82. The van der Waals surface area contributed by atoms with Crippen molar-refractivity contribution in [1.29, 1.82) is 0 Å². The zero-order valence-corrected chi connectivity index (χ0v) is 11.6. The third-order valence-corrected chi connectivity index (χ3v) is 3.19. The van der Waals surface area contributed by atoms with Gasteiger partial charge in [-0.15, -0.1) is 0 Å². The molecule has 7 nitrogen and oxygen atoms in total. The summed E-state index contributed by atoms with van der Waals surface area (Å²) in [6, 6.07) is 1.53. The Morgan fingerprint density at radius 2 is 2.15 bits per heavy atom. The van der Waals surface area contributed by atoms with Gasteiger partial charge in [0, 0.05) is 7.05 Å². The Balaban J connectivity index is 2.06. The molecule has 0 aromatic carbocycles. The van der Waals surface area contributed by atoms with Gasteiger partial charge >= 0.3 is 5.97 Å². The van der Waals surface area contributed by atoms with Crippen LogP contribution in [0.3, 0.4) is 0 Å². The molecular weight excluding hydrogens is 266 g/mol. The van der Waals surface area contributed by atoms with Crippen LogP contribution in [0.2, 0.25) is 0 Å². The lowest BCUT2D eigenvalue weighted by Gasteiger charge is -2.37. The number of nitrogens with zero attached hydrogens (tertiary/aromatic N) is 1. The first-order chi connectivity index (χ1) is 9.37. The number of aryl methyl sites for hydroxylation is 1. The highest BCUT2D eigenvalue weighted by Gasteiger charge is 2.45. The molecule has 0 bridgehead atoms. The summed E-state index contributed by atoms with van der Waals surface area (Å²) in [4.78, 5) is 24.8. The molecule has 1 aromatic heterocycles. The number of amides is 1. The summed E-state index contributed by atoms with van der Waals surface area (Å²) in [5.74, 6) is -0.0455. The molecule has 0 unspecified atom stereocenters. The smallest absolute Gasteiger partial charge is 0.341 e. The predicted molar refractivity (Wildman–Crippen MR) is 67.0 cm³/mol. The zero-order chi connectivity index (χ0) is 14.9. The topological polar surface area (TPSA) is 89.2 Å². The number of rotatable bonds is 4. The lowest BCUT2D eigenvalue weighted by Crippen LogP contribution is -2.60. The summed E-state index contributed by atoms with van der Waals surface area (Å²) in [7, 11) is 2.84. The second-order valence-corrected chi connectivity index (χ2v) is 4.86. The van der Waals surface area contributed by atoms with Gasteiger partial charge in [-0.2, -0.15) is 0 Å². The maximum atomic E-state index is 12.0. The fourth-order valence-corrected chi connectivity index (χ4v) is 2.01. The standard InChI is InChI=1S/C13H17NO6/c1-8-10(11(15)18-3)4-9(20-8)5-14(2)12(16)13(17)6-19-7-13/h4,17H,5-7H2,1-3H3. The van der Waals surface area contributed by atoms with E-state index in [-0.39, 0.29) is 19.8 Å². The summed E-state index contributed by atoms with van der Waals surface area (Å²) in [5, 5.41) is 9.89. The minimum atomic E-state index is -1.44. The van der Waals surface area contributed by atoms with Crippen LogP contribution in [-0.4, -0.2) is 54.9 Å². The monoisotopic (exact) mass is 283 g/mol. The molecule has 2 rings (SSSR count). The van der Waals surface area contributed by atoms with E-state index in [1.165, 1.54) is 18.1 Å². The first-order valence-electron chi connectivity index (χ1n) is 6.10. The van der Waals surface area contributed by atoms with Crippen molar-refractivity contribution in [1.82, 2.24) is 4.90 Å². The van der Waals surface area contributed by atoms with Crippen molar-refractivity contribution in [2.75, 3.05) is 27.4 Å². The van der Waals surface area contributed by atoms with Gasteiger partial charge in [0.15, 0.2) is 5.60 Å². The number of esters is 1. The number of ether oxygens (including phenoxy) is 2. The molecule has 0 saturated carbocycles. The van der Waals surface area contributed by atoms with Crippen LogP contribution in [0.1, 0.15) is 21.9 Å². The Bertz CT molecular complexity index is 531. The quantitative estimate of drug-likeness (QED) is 0.788. The molecule has 7 heteroatoms. The Morgan fingerprint density at radius 1 is 1.50 bits per heavy atom. The second kappa shape index (κ2) is 5.26. The zero-order valence-electron chi connectivity index (χ0n) is 11.6. The van der Waals surface area contributed by atoms with Crippen molar-refractivity contribution in [3.63, 3.8) is 0 Å². The molecule has 2 heterocycles. The van der Waals surface area contributed by atoms with E-state index >= 15 is 0 Å². The molecule has 1 aliphatic rings. The van der Waals surface area contributed by atoms with Gasteiger partial charge in [-0.3, -0.25) is 4.79 Å². The number of furan rings is 1. The molecular formula is C13H17NO6. The first-order valence-corrected chi connectivity index (χ1v) is 6.10. The fourth-order valence-electron chi connectivity index (χ4n) is 2.01. The maximum absolute atomic E-state index is 12.0. The highest BCUT2D eigenvalue weighted by atomic mass is 16.5. The summed E-state index contributed by atoms with van der Waals surface area (Å²) in [5.41, 5.74) is -1.12. The van der Waals surface area contributed by atoms with Gasteiger partial charge in [0.05, 0.1) is 26.9 Å². The molecule has 1 amide bonds. The largest absolute Gasteiger partial charge is 0.465 e. The van der Waals surface area contributed by atoms with Gasteiger partial charge in [-0.05, 0) is 13.0 Å². The number of methoxy groups -OCH3 is 1. The van der Waals surface area contributed by atoms with Crippen LogP contribution < -0.4 is 0 Å². The fraction of sp³-hybridized carbons (Fsp3) is 0.538. The third-order valence-electron chi connectivity index (χ3n) is 3.19. The van der Waals surface area contributed by atoms with E-state index < -0.39 is 17.5 Å². The Hall–Kier alpha value is -1.86. The predicted octanol–water partition coefficient (Wildman–Crippen LogP) is 0.0943. The Morgan fingerprint density at radius 3 is 2.65 bits per heavy atom. The average molecular weight is 283 g/mol. The van der Waals surface area contributed by atoms with Crippen molar-refractivity contribution in [2.24, 2.45) is 0 Å². The van der Waals surface area contributed by atoms with Crippen LogP contribution in [0.4, 0.5) is 0 Å². The molecule has 1 fully saturated rings. The van der Waals surface area contributed by atoms with Crippen LogP contribution in [0, 0.1) is 6.92 Å². The lowest BCUT2D eigenvalue weighted by molar-refractivity contribution is -0.199. The number of carbonyl (C=O) groups is 2. The number of hydrogen-bond donors (Lipinski definition) is 1. The second-order valence-electron chi connectivity index (χ2n) is 4.86. The van der Waals surface area contributed by atoms with Crippen molar-refractivity contribution < 1.29 is 28.6 Å². The average Bonchev–Trinajstić information content (AvgIpc) is 2.74. The van der Waals surface area contributed by atoms with E-state index in [4.69, 9.17) is 9.15 Å². The van der Waals surface area contributed by atoms with Crippen molar-refractivity contribution in [2.45, 2.75) is 19.1 Å². The van der Waals surface area contributed by atoms with Crippen LogP contribution in [0.15, 0.2) is 10.5 Å². The van der Waals surface area contributed by atoms with E-state index in [1.54, 1.807) is 14.0 Å². The summed E-state index contributed by atoms with van der Waals surface area (Å²) < 4.78 is 14.9. The molecule has 0 atom stereocenters. The molecule has 20 heavy (non-hydrogen) atoms. The van der Waals surface area contributed by atoms with Gasteiger partial charge in [-0.1, -0.05) is 0 Å². The van der Waals surface area contributed by atoms with E-state index in [2.05, 4.69) is 4.74 Å². The van der Waals surface area contributed by atoms with Gasteiger partial charge in [0.25, 0.3) is 5.91 Å². The molecule has 1 aromatic rings. The van der Waals surface area contributed by atoms with Crippen molar-refractivity contribution in [3.05, 3.63) is 23.2 Å². The summed E-state index contributed by atoms with van der Waals surface area (Å²) >= 11 is 0. The number of likely N-dealkylation sites (N-methyl/N-ethyl adjacent to an activating group) is 1. The normalized spacial score (nSPS) is 16.4. The maximum Gasteiger partial charge on any atom is 0.341 e. The highest BCUT2D eigenvalue weighted by Crippen LogP contribution is 2.22. The minimum Gasteiger partial charge on any atom is -0.465 e. The lowest BCUT2D eigenvalue weighted by atomic mass is 10.0. The third kappa shape index (κ3) is 2.54. The van der Waals surface area contributed by atoms with Gasteiger partial charge in [0.2, 0.25) is 0 Å². The molecule has 1 aliphatic heterocycles. The molecule has 1 saturated heterocycles. The SMILES string of the molecule is COC(=O)c1cc(CN(C)C(=O)C2(O)COC2)oc1C. The van der Waals surface area contributed by atoms with E-state index in [0.717, 1.165) is 0 Å². The summed E-state index contributed by atoms with van der Waals surface area (Å²) in [6.07, 6.45) is 0. The minimum absolute atomic E-state index is 0.000760. The molecule has 110 valence electrons. The van der Waals surface area contributed by atoms with Crippen LogP contribution >= 0.6 is 0 Å². The van der Waals surface area contributed by atoms with Crippen LogP contribution in [-0.2, 0) is 20.8 Å². The Labute approximate surface area is 116 Å². The molecule has 1 N–H and O–H groups in total. The van der Waals surface area contributed by atoms with Crippen molar-refractivity contribution in [3.8, 4) is 0 Å². The highest BCUT2D eigenvalue weighted by molar-refractivity contribution is 5.90. The van der Waals surface area contributed by atoms with E-state index in [9.17, 15) is 14.7 Å². The number of hydrogen-bond acceptors (Lipinski definition) is 6. The van der Waals surface area contributed by atoms with Gasteiger partial charge in [-0.25, -0.2) is 4.79 Å². The summed E-state index contributed by atoms with van der Waals surface area (Å²) in [6.45, 7) is 1.80. The van der Waals surface area contributed by atoms with Crippen molar-refractivity contribution >= 4 is 11.9 Å². The first kappa shape index (κ1) is 14.5. The van der Waals surface area contributed by atoms with E-state index in [1.807, 2.05) is 0 Å². The number of carbonyl (C=O) groups excluding carboxylic acids is 2. The van der Waals surface area contributed by atoms with Gasteiger partial charge in [0.1, 0.15) is 17.1 Å². The number of aliphatic hydroxyl groups is 1. The molecule has 0 radical (unpaired) electrons. The van der Waals surface area contributed by atoms with E-state index in [0.29, 0.717) is 17.1 Å².